The lowest BCUT2D eigenvalue weighted by Crippen LogP contribution is -2.18. The second kappa shape index (κ2) is 7.52. The molecule has 3 rings (SSSR count). The number of nitrogens with one attached hydrogen (secondary N) is 1. The number of ether oxygens (including phenoxy) is 2. The molecule has 0 radical (unpaired) electrons. The van der Waals surface area contributed by atoms with Gasteiger partial charge in [-0.05, 0) is 47.2 Å². The first-order chi connectivity index (χ1) is 12.5. The molecule has 1 aromatic heterocycles. The van der Waals surface area contributed by atoms with E-state index in [4.69, 9.17) is 9.47 Å². The van der Waals surface area contributed by atoms with E-state index in [1.54, 1.807) is 32.4 Å². The third-order valence-electron chi connectivity index (χ3n) is 4.46. The molecule has 0 aliphatic rings. The standard InChI is InChI=1S/C21H24N2O3/c1-14(2)15-5-7-19-16(11-15)9-10-23(19)13-21(24)22-18-12-17(25-3)6-8-20(18)26-4/h5-12,14H,13H2,1-4H3,(H,22,24). The number of carbonyl (C=O) groups excluding carboxylic acids is 1. The minimum absolute atomic E-state index is 0.123. The number of anilines is 1. The molecular formula is C21H24N2O3. The minimum Gasteiger partial charge on any atom is -0.497 e. The van der Waals surface area contributed by atoms with Gasteiger partial charge < -0.3 is 19.4 Å². The Kier molecular flexibility index (Phi) is 5.16. The van der Waals surface area contributed by atoms with E-state index in [2.05, 4.69) is 37.4 Å². The summed E-state index contributed by atoms with van der Waals surface area (Å²) >= 11 is 0. The zero-order valence-corrected chi connectivity index (χ0v) is 15.6. The van der Waals surface area contributed by atoms with Gasteiger partial charge in [-0.2, -0.15) is 0 Å². The summed E-state index contributed by atoms with van der Waals surface area (Å²) in [5.74, 6) is 1.61. The smallest absolute Gasteiger partial charge is 0.244 e. The normalized spacial score (nSPS) is 11.0. The van der Waals surface area contributed by atoms with Crippen LogP contribution in [-0.4, -0.2) is 24.7 Å². The number of hydrogen-bond acceptors (Lipinski definition) is 3. The lowest BCUT2D eigenvalue weighted by Gasteiger charge is -2.12. The molecule has 1 N–H and O–H groups in total. The van der Waals surface area contributed by atoms with Crippen LogP contribution in [0.2, 0.25) is 0 Å². The zero-order chi connectivity index (χ0) is 18.7. The van der Waals surface area contributed by atoms with Crippen molar-refractivity contribution in [3.8, 4) is 11.5 Å². The number of amides is 1. The number of fused-ring (bicyclic) bond motifs is 1. The first-order valence-corrected chi connectivity index (χ1v) is 8.62. The summed E-state index contributed by atoms with van der Waals surface area (Å²) in [5, 5.41) is 4.05. The van der Waals surface area contributed by atoms with E-state index in [1.165, 1.54) is 5.56 Å². The Bertz CT molecular complexity index is 928. The summed E-state index contributed by atoms with van der Waals surface area (Å²) in [5.41, 5.74) is 2.93. The van der Waals surface area contributed by atoms with Crippen LogP contribution in [0.15, 0.2) is 48.7 Å². The van der Waals surface area contributed by atoms with Gasteiger partial charge in [0, 0.05) is 17.8 Å². The van der Waals surface area contributed by atoms with Gasteiger partial charge in [-0.3, -0.25) is 4.79 Å². The molecule has 136 valence electrons. The Hall–Kier alpha value is -2.95. The minimum atomic E-state index is -0.123. The maximum Gasteiger partial charge on any atom is 0.244 e. The van der Waals surface area contributed by atoms with Crippen LogP contribution >= 0.6 is 0 Å². The van der Waals surface area contributed by atoms with Crippen molar-refractivity contribution in [2.24, 2.45) is 0 Å². The van der Waals surface area contributed by atoms with Gasteiger partial charge in [0.25, 0.3) is 0 Å². The molecule has 0 fully saturated rings. The van der Waals surface area contributed by atoms with Crippen molar-refractivity contribution < 1.29 is 14.3 Å². The highest BCUT2D eigenvalue weighted by atomic mass is 16.5. The van der Waals surface area contributed by atoms with Crippen LogP contribution in [0.1, 0.15) is 25.3 Å². The van der Waals surface area contributed by atoms with E-state index in [-0.39, 0.29) is 12.5 Å². The van der Waals surface area contributed by atoms with Gasteiger partial charge in [-0.1, -0.05) is 19.9 Å². The van der Waals surface area contributed by atoms with Crippen LogP contribution < -0.4 is 14.8 Å². The molecular weight excluding hydrogens is 328 g/mol. The molecule has 3 aromatic rings. The maximum absolute atomic E-state index is 12.5. The second-order valence-electron chi connectivity index (χ2n) is 6.53. The number of carbonyl (C=O) groups is 1. The number of benzene rings is 2. The van der Waals surface area contributed by atoms with Crippen LogP contribution in [0.4, 0.5) is 5.69 Å². The van der Waals surface area contributed by atoms with E-state index in [0.29, 0.717) is 23.1 Å². The highest BCUT2D eigenvalue weighted by Crippen LogP contribution is 2.29. The van der Waals surface area contributed by atoms with E-state index in [1.807, 2.05) is 16.8 Å². The van der Waals surface area contributed by atoms with Gasteiger partial charge in [-0.25, -0.2) is 0 Å². The van der Waals surface area contributed by atoms with Crippen LogP contribution in [0.3, 0.4) is 0 Å². The van der Waals surface area contributed by atoms with Crippen molar-refractivity contribution in [3.63, 3.8) is 0 Å². The molecule has 1 amide bonds. The number of methoxy groups -OCH3 is 2. The third-order valence-corrected chi connectivity index (χ3v) is 4.46. The second-order valence-corrected chi connectivity index (χ2v) is 6.53. The zero-order valence-electron chi connectivity index (χ0n) is 15.6. The predicted octanol–water partition coefficient (Wildman–Crippen LogP) is 4.42. The van der Waals surface area contributed by atoms with Crippen LogP contribution in [-0.2, 0) is 11.3 Å². The predicted molar refractivity (Wildman–Crippen MR) is 104 cm³/mol. The molecule has 0 saturated carbocycles. The largest absolute Gasteiger partial charge is 0.497 e. The van der Waals surface area contributed by atoms with Crippen LogP contribution in [0.25, 0.3) is 10.9 Å². The summed E-state index contributed by atoms with van der Waals surface area (Å²) in [7, 11) is 3.16. The lowest BCUT2D eigenvalue weighted by atomic mass is 10.0. The average molecular weight is 352 g/mol. The maximum atomic E-state index is 12.5. The number of rotatable bonds is 6. The Morgan fingerprint density at radius 1 is 1.08 bits per heavy atom. The summed E-state index contributed by atoms with van der Waals surface area (Å²) in [4.78, 5) is 12.5. The third kappa shape index (κ3) is 3.67. The van der Waals surface area contributed by atoms with Crippen LogP contribution in [0.5, 0.6) is 11.5 Å². The van der Waals surface area contributed by atoms with Crippen molar-refractivity contribution in [3.05, 3.63) is 54.2 Å². The fourth-order valence-electron chi connectivity index (χ4n) is 2.97. The highest BCUT2D eigenvalue weighted by Gasteiger charge is 2.11. The Labute approximate surface area is 153 Å². The summed E-state index contributed by atoms with van der Waals surface area (Å²) in [6.45, 7) is 4.57. The molecule has 0 atom stereocenters. The number of hydrogen-bond donors (Lipinski definition) is 1. The molecule has 5 nitrogen and oxygen atoms in total. The average Bonchev–Trinajstić information content (AvgIpc) is 3.03. The van der Waals surface area contributed by atoms with E-state index >= 15 is 0 Å². The van der Waals surface area contributed by atoms with E-state index < -0.39 is 0 Å². The van der Waals surface area contributed by atoms with Crippen molar-refractivity contribution in [1.29, 1.82) is 0 Å². The Morgan fingerprint density at radius 2 is 1.88 bits per heavy atom. The lowest BCUT2D eigenvalue weighted by molar-refractivity contribution is -0.116. The van der Waals surface area contributed by atoms with Gasteiger partial charge in [-0.15, -0.1) is 0 Å². The highest BCUT2D eigenvalue weighted by molar-refractivity contribution is 5.93. The van der Waals surface area contributed by atoms with Gasteiger partial charge in [0.05, 0.1) is 19.9 Å². The molecule has 0 aliphatic heterocycles. The van der Waals surface area contributed by atoms with Crippen LogP contribution in [0, 0.1) is 0 Å². The monoisotopic (exact) mass is 352 g/mol. The van der Waals surface area contributed by atoms with Crippen molar-refractivity contribution in [1.82, 2.24) is 4.57 Å². The van der Waals surface area contributed by atoms with E-state index in [0.717, 1.165) is 10.9 Å². The summed E-state index contributed by atoms with van der Waals surface area (Å²) in [6, 6.07) is 13.7. The molecule has 0 bridgehead atoms. The first kappa shape index (κ1) is 17.9. The Balaban J connectivity index is 1.79. The van der Waals surface area contributed by atoms with Crippen molar-refractivity contribution >= 4 is 22.5 Å². The van der Waals surface area contributed by atoms with Gasteiger partial charge in [0.15, 0.2) is 0 Å². The molecule has 5 heteroatoms. The number of nitrogens with zero attached hydrogens (tertiary/aromatic N) is 1. The van der Waals surface area contributed by atoms with Gasteiger partial charge in [0.2, 0.25) is 5.91 Å². The molecule has 1 heterocycles. The fourth-order valence-corrected chi connectivity index (χ4v) is 2.97. The molecule has 0 aliphatic carbocycles. The molecule has 0 spiro atoms. The van der Waals surface area contributed by atoms with E-state index in [9.17, 15) is 4.79 Å². The van der Waals surface area contributed by atoms with Crippen molar-refractivity contribution in [2.75, 3.05) is 19.5 Å². The quantitative estimate of drug-likeness (QED) is 0.714. The molecule has 0 saturated heterocycles. The van der Waals surface area contributed by atoms with Gasteiger partial charge >= 0.3 is 0 Å². The Morgan fingerprint density at radius 3 is 2.58 bits per heavy atom. The first-order valence-electron chi connectivity index (χ1n) is 8.62. The summed E-state index contributed by atoms with van der Waals surface area (Å²) in [6.07, 6.45) is 1.94. The number of aromatic nitrogens is 1. The SMILES string of the molecule is COc1ccc(OC)c(NC(=O)Cn2ccc3cc(C(C)C)ccc32)c1. The fraction of sp³-hybridized carbons (Fsp3) is 0.286. The molecule has 0 unspecified atom stereocenters. The van der Waals surface area contributed by atoms with Gasteiger partial charge in [0.1, 0.15) is 18.0 Å². The van der Waals surface area contributed by atoms with Crippen molar-refractivity contribution in [2.45, 2.75) is 26.3 Å². The molecule has 26 heavy (non-hydrogen) atoms. The summed E-state index contributed by atoms with van der Waals surface area (Å²) < 4.78 is 12.5. The molecule has 2 aromatic carbocycles. The topological polar surface area (TPSA) is 52.5 Å².